The van der Waals surface area contributed by atoms with Crippen LogP contribution in [-0.4, -0.2) is 47.6 Å². The van der Waals surface area contributed by atoms with Crippen molar-refractivity contribution in [1.82, 2.24) is 10.2 Å². The first-order valence-corrected chi connectivity index (χ1v) is 6.65. The number of carboxylic acids is 1. The number of amides is 1. The van der Waals surface area contributed by atoms with Gasteiger partial charge in [0.2, 0.25) is 5.91 Å². The molecule has 0 aliphatic carbocycles. The van der Waals surface area contributed by atoms with Crippen LogP contribution in [0.2, 0.25) is 0 Å². The Balaban J connectivity index is 2.52. The van der Waals surface area contributed by atoms with Gasteiger partial charge in [-0.05, 0) is 31.2 Å². The summed E-state index contributed by atoms with van der Waals surface area (Å²) in [7, 11) is 0. The highest BCUT2D eigenvalue weighted by Crippen LogP contribution is 2.23. The van der Waals surface area contributed by atoms with Crippen LogP contribution >= 0.6 is 0 Å². The van der Waals surface area contributed by atoms with Crippen molar-refractivity contribution in [3.05, 3.63) is 0 Å². The zero-order valence-electron chi connectivity index (χ0n) is 11.5. The Morgan fingerprint density at radius 1 is 1.44 bits per heavy atom. The minimum Gasteiger partial charge on any atom is -0.480 e. The van der Waals surface area contributed by atoms with E-state index in [1.807, 2.05) is 20.8 Å². The minimum atomic E-state index is -0.821. The number of rotatable bonds is 5. The van der Waals surface area contributed by atoms with E-state index in [0.717, 1.165) is 12.8 Å². The molecular formula is C13H24N2O3. The summed E-state index contributed by atoms with van der Waals surface area (Å²) in [5.41, 5.74) is 0. The molecule has 2 unspecified atom stereocenters. The molecule has 5 heteroatoms. The molecule has 1 aliphatic heterocycles. The third-order valence-corrected chi connectivity index (χ3v) is 3.34. The van der Waals surface area contributed by atoms with E-state index >= 15 is 0 Å². The number of hydrogen-bond acceptors (Lipinski definition) is 3. The first kappa shape index (κ1) is 15.0. The number of carbonyl (C=O) groups excluding carboxylic acids is 1. The topological polar surface area (TPSA) is 69.6 Å². The van der Waals surface area contributed by atoms with Crippen molar-refractivity contribution in [2.24, 2.45) is 11.8 Å². The standard InChI is InChI=1S/C13H24N2O3/c1-9(2)7-14-11(16)8-15-6-4-5-10(3)12(15)13(17)18/h9-10,12H,4-8H2,1-3H3,(H,14,16)(H,17,18). The largest absolute Gasteiger partial charge is 0.480 e. The van der Waals surface area contributed by atoms with Gasteiger partial charge in [0.05, 0.1) is 6.54 Å². The van der Waals surface area contributed by atoms with Crippen LogP contribution in [0.1, 0.15) is 33.6 Å². The first-order chi connectivity index (χ1) is 8.41. The molecule has 2 atom stereocenters. The molecule has 18 heavy (non-hydrogen) atoms. The molecule has 0 aromatic heterocycles. The smallest absolute Gasteiger partial charge is 0.321 e. The summed E-state index contributed by atoms with van der Waals surface area (Å²) in [6, 6.07) is -0.524. The number of carbonyl (C=O) groups is 2. The molecule has 0 aromatic carbocycles. The number of nitrogens with zero attached hydrogens (tertiary/aromatic N) is 1. The monoisotopic (exact) mass is 256 g/mol. The van der Waals surface area contributed by atoms with Crippen molar-refractivity contribution in [3.63, 3.8) is 0 Å². The second-order valence-electron chi connectivity index (χ2n) is 5.57. The van der Waals surface area contributed by atoms with Crippen LogP contribution in [0, 0.1) is 11.8 Å². The number of hydrogen-bond donors (Lipinski definition) is 2. The second kappa shape index (κ2) is 6.73. The Kier molecular flexibility index (Phi) is 5.59. The van der Waals surface area contributed by atoms with Crippen LogP contribution in [0.15, 0.2) is 0 Å². The van der Waals surface area contributed by atoms with Gasteiger partial charge in [-0.2, -0.15) is 0 Å². The van der Waals surface area contributed by atoms with Gasteiger partial charge in [0.1, 0.15) is 6.04 Å². The van der Waals surface area contributed by atoms with Gasteiger partial charge in [-0.1, -0.05) is 20.8 Å². The first-order valence-electron chi connectivity index (χ1n) is 6.65. The van der Waals surface area contributed by atoms with Crippen LogP contribution in [0.25, 0.3) is 0 Å². The fourth-order valence-electron chi connectivity index (χ4n) is 2.41. The molecule has 1 heterocycles. The molecule has 1 fully saturated rings. The quantitative estimate of drug-likeness (QED) is 0.768. The van der Waals surface area contributed by atoms with Crippen molar-refractivity contribution < 1.29 is 14.7 Å². The van der Waals surface area contributed by atoms with Crippen LogP contribution in [0.3, 0.4) is 0 Å². The van der Waals surface area contributed by atoms with Crippen LogP contribution < -0.4 is 5.32 Å². The summed E-state index contributed by atoms with van der Waals surface area (Å²) in [6.07, 6.45) is 1.88. The molecule has 1 aliphatic rings. The Labute approximate surface area is 109 Å². The summed E-state index contributed by atoms with van der Waals surface area (Å²) < 4.78 is 0. The predicted molar refractivity (Wildman–Crippen MR) is 69.2 cm³/mol. The molecule has 0 aromatic rings. The SMILES string of the molecule is CC(C)CNC(=O)CN1CCCC(C)C1C(=O)O. The maximum Gasteiger partial charge on any atom is 0.321 e. The summed E-state index contributed by atoms with van der Waals surface area (Å²) in [6.45, 7) is 7.52. The Morgan fingerprint density at radius 3 is 2.67 bits per heavy atom. The Hall–Kier alpha value is -1.10. The molecule has 2 N–H and O–H groups in total. The lowest BCUT2D eigenvalue weighted by molar-refractivity contribution is -0.147. The van der Waals surface area contributed by atoms with E-state index in [4.69, 9.17) is 0 Å². The van der Waals surface area contributed by atoms with Gasteiger partial charge in [-0.25, -0.2) is 0 Å². The maximum absolute atomic E-state index is 11.7. The molecular weight excluding hydrogens is 232 g/mol. The highest BCUT2D eigenvalue weighted by atomic mass is 16.4. The lowest BCUT2D eigenvalue weighted by atomic mass is 9.91. The van der Waals surface area contributed by atoms with Crippen LogP contribution in [0.5, 0.6) is 0 Å². The molecule has 104 valence electrons. The van der Waals surface area contributed by atoms with Crippen LogP contribution in [-0.2, 0) is 9.59 Å². The summed E-state index contributed by atoms with van der Waals surface area (Å²) in [5, 5.41) is 12.1. The number of piperidine rings is 1. The van der Waals surface area contributed by atoms with E-state index in [1.165, 1.54) is 0 Å². The van der Waals surface area contributed by atoms with Gasteiger partial charge in [0, 0.05) is 6.54 Å². The average molecular weight is 256 g/mol. The zero-order valence-corrected chi connectivity index (χ0v) is 11.5. The molecule has 1 rings (SSSR count). The van der Waals surface area contributed by atoms with E-state index in [9.17, 15) is 14.7 Å². The van der Waals surface area contributed by atoms with E-state index in [-0.39, 0.29) is 18.4 Å². The molecule has 0 radical (unpaired) electrons. The second-order valence-corrected chi connectivity index (χ2v) is 5.57. The van der Waals surface area contributed by atoms with Gasteiger partial charge in [-0.3, -0.25) is 14.5 Å². The van der Waals surface area contributed by atoms with Crippen molar-refractivity contribution in [2.75, 3.05) is 19.6 Å². The summed E-state index contributed by atoms with van der Waals surface area (Å²) in [5.74, 6) is -0.387. The third-order valence-electron chi connectivity index (χ3n) is 3.34. The lowest BCUT2D eigenvalue weighted by Crippen LogP contribution is -2.52. The highest BCUT2D eigenvalue weighted by Gasteiger charge is 2.34. The fourth-order valence-corrected chi connectivity index (χ4v) is 2.41. The molecule has 0 spiro atoms. The minimum absolute atomic E-state index is 0.0796. The van der Waals surface area contributed by atoms with Crippen molar-refractivity contribution in [3.8, 4) is 0 Å². The Bertz CT molecular complexity index is 305. The van der Waals surface area contributed by atoms with Gasteiger partial charge < -0.3 is 10.4 Å². The van der Waals surface area contributed by atoms with E-state index < -0.39 is 12.0 Å². The molecule has 1 saturated heterocycles. The third kappa shape index (κ3) is 4.29. The van der Waals surface area contributed by atoms with E-state index in [2.05, 4.69) is 5.32 Å². The van der Waals surface area contributed by atoms with Gasteiger partial charge in [0.25, 0.3) is 0 Å². The van der Waals surface area contributed by atoms with Gasteiger partial charge in [0.15, 0.2) is 0 Å². The summed E-state index contributed by atoms with van der Waals surface area (Å²) in [4.78, 5) is 24.8. The van der Waals surface area contributed by atoms with Crippen molar-refractivity contribution >= 4 is 11.9 Å². The number of aliphatic carboxylic acids is 1. The lowest BCUT2D eigenvalue weighted by Gasteiger charge is -2.36. The maximum atomic E-state index is 11.7. The number of likely N-dealkylation sites (tertiary alicyclic amines) is 1. The zero-order chi connectivity index (χ0) is 13.7. The normalized spacial score (nSPS) is 25.1. The average Bonchev–Trinajstić information content (AvgIpc) is 2.26. The van der Waals surface area contributed by atoms with Gasteiger partial charge in [-0.15, -0.1) is 0 Å². The predicted octanol–water partition coefficient (Wildman–Crippen LogP) is 0.944. The summed E-state index contributed by atoms with van der Waals surface area (Å²) >= 11 is 0. The van der Waals surface area contributed by atoms with Gasteiger partial charge >= 0.3 is 5.97 Å². The number of carboxylic acid groups (broad SMARTS) is 1. The Morgan fingerprint density at radius 2 is 2.11 bits per heavy atom. The van der Waals surface area contributed by atoms with E-state index in [1.54, 1.807) is 4.90 Å². The molecule has 0 bridgehead atoms. The molecule has 0 saturated carbocycles. The van der Waals surface area contributed by atoms with Crippen LogP contribution in [0.4, 0.5) is 0 Å². The van der Waals surface area contributed by atoms with E-state index in [0.29, 0.717) is 19.0 Å². The molecule has 1 amide bonds. The number of nitrogens with one attached hydrogen (secondary N) is 1. The molecule has 5 nitrogen and oxygen atoms in total. The highest BCUT2D eigenvalue weighted by molar-refractivity contribution is 5.80. The fraction of sp³-hybridized carbons (Fsp3) is 0.846. The van der Waals surface area contributed by atoms with Crippen molar-refractivity contribution in [2.45, 2.75) is 39.7 Å². The van der Waals surface area contributed by atoms with Crippen molar-refractivity contribution in [1.29, 1.82) is 0 Å².